The lowest BCUT2D eigenvalue weighted by molar-refractivity contribution is 0.0273. The highest BCUT2D eigenvalue weighted by molar-refractivity contribution is 5.37. The fourth-order valence-corrected chi connectivity index (χ4v) is 2.69. The van der Waals surface area contributed by atoms with Gasteiger partial charge in [0.2, 0.25) is 0 Å². The molecule has 0 radical (unpaired) electrons. The Hall–Kier alpha value is -1.37. The van der Waals surface area contributed by atoms with Crippen LogP contribution in [0.4, 0.5) is 0 Å². The van der Waals surface area contributed by atoms with Gasteiger partial charge < -0.3 is 10.1 Å². The number of benzene rings is 1. The fourth-order valence-electron chi connectivity index (χ4n) is 2.69. The topological polar surface area (TPSA) is 45.0 Å². The molecule has 0 aromatic heterocycles. The van der Waals surface area contributed by atoms with Crippen LogP contribution in [0.15, 0.2) is 24.3 Å². The summed E-state index contributed by atoms with van der Waals surface area (Å²) in [6, 6.07) is 9.97. The Morgan fingerprint density at radius 3 is 2.80 bits per heavy atom. The SMILES string of the molecule is N#Cc1ccccc1CNCCCOC1CCCCC1. The maximum absolute atomic E-state index is 9.01. The van der Waals surface area contributed by atoms with Gasteiger partial charge in [0.25, 0.3) is 0 Å². The molecule has 1 aliphatic rings. The summed E-state index contributed by atoms with van der Waals surface area (Å²) in [5.74, 6) is 0. The van der Waals surface area contributed by atoms with E-state index in [0.717, 1.165) is 37.2 Å². The molecule has 2 rings (SSSR count). The van der Waals surface area contributed by atoms with Crippen LogP contribution in [-0.4, -0.2) is 19.3 Å². The van der Waals surface area contributed by atoms with Crippen molar-refractivity contribution in [3.8, 4) is 6.07 Å². The average molecular weight is 272 g/mol. The Labute approximate surface area is 121 Å². The van der Waals surface area contributed by atoms with Crippen molar-refractivity contribution in [2.75, 3.05) is 13.2 Å². The minimum Gasteiger partial charge on any atom is -0.378 e. The Kier molecular flexibility index (Phi) is 6.56. The van der Waals surface area contributed by atoms with Gasteiger partial charge in [-0.25, -0.2) is 0 Å². The standard InChI is InChI=1S/C17H24N2O/c18-13-15-7-4-5-8-16(15)14-19-11-6-12-20-17-9-2-1-3-10-17/h4-5,7-8,17,19H,1-3,6,9-12,14H2. The summed E-state index contributed by atoms with van der Waals surface area (Å²) in [7, 11) is 0. The number of hydrogen-bond donors (Lipinski definition) is 1. The average Bonchev–Trinajstić information content (AvgIpc) is 2.52. The van der Waals surface area contributed by atoms with Crippen molar-refractivity contribution in [3.05, 3.63) is 35.4 Å². The van der Waals surface area contributed by atoms with Crippen molar-refractivity contribution in [1.29, 1.82) is 5.26 Å². The molecule has 108 valence electrons. The summed E-state index contributed by atoms with van der Waals surface area (Å²) in [6.07, 6.45) is 8.04. The van der Waals surface area contributed by atoms with Gasteiger partial charge in [0.1, 0.15) is 0 Å². The first kappa shape index (κ1) is 15.0. The zero-order chi connectivity index (χ0) is 14.0. The molecule has 1 N–H and O–H groups in total. The second-order valence-corrected chi connectivity index (χ2v) is 5.43. The third-order valence-corrected chi connectivity index (χ3v) is 3.86. The minimum absolute atomic E-state index is 0.503. The van der Waals surface area contributed by atoms with E-state index in [1.165, 1.54) is 32.1 Å². The van der Waals surface area contributed by atoms with Gasteiger partial charge in [-0.3, -0.25) is 0 Å². The summed E-state index contributed by atoms with van der Waals surface area (Å²) in [4.78, 5) is 0. The van der Waals surface area contributed by atoms with Crippen molar-refractivity contribution >= 4 is 0 Å². The first-order valence-electron chi connectivity index (χ1n) is 7.70. The van der Waals surface area contributed by atoms with Crippen LogP contribution in [0.25, 0.3) is 0 Å². The van der Waals surface area contributed by atoms with Gasteiger partial charge in [0, 0.05) is 13.2 Å². The zero-order valence-corrected chi connectivity index (χ0v) is 12.1. The fraction of sp³-hybridized carbons (Fsp3) is 0.588. The quantitative estimate of drug-likeness (QED) is 0.774. The predicted octanol–water partition coefficient (Wildman–Crippen LogP) is 3.39. The van der Waals surface area contributed by atoms with Crippen LogP contribution in [0, 0.1) is 11.3 Å². The largest absolute Gasteiger partial charge is 0.378 e. The summed E-state index contributed by atoms with van der Waals surface area (Å²) in [5, 5.41) is 12.4. The highest BCUT2D eigenvalue weighted by atomic mass is 16.5. The molecule has 20 heavy (non-hydrogen) atoms. The molecule has 0 saturated heterocycles. The predicted molar refractivity (Wildman–Crippen MR) is 80.3 cm³/mol. The normalized spacial score (nSPS) is 15.9. The maximum atomic E-state index is 9.01. The summed E-state index contributed by atoms with van der Waals surface area (Å²) in [6.45, 7) is 2.54. The van der Waals surface area contributed by atoms with Crippen molar-refractivity contribution in [2.45, 2.75) is 51.2 Å². The second kappa shape index (κ2) is 8.73. The highest BCUT2D eigenvalue weighted by Crippen LogP contribution is 2.20. The van der Waals surface area contributed by atoms with Gasteiger partial charge in [-0.15, -0.1) is 0 Å². The van der Waals surface area contributed by atoms with Gasteiger partial charge in [0.05, 0.1) is 17.7 Å². The molecule has 0 atom stereocenters. The first-order chi connectivity index (χ1) is 9.90. The molecule has 1 aromatic carbocycles. The minimum atomic E-state index is 0.503. The monoisotopic (exact) mass is 272 g/mol. The molecule has 1 fully saturated rings. The van der Waals surface area contributed by atoms with E-state index >= 15 is 0 Å². The highest BCUT2D eigenvalue weighted by Gasteiger charge is 2.12. The number of nitrogens with one attached hydrogen (secondary N) is 1. The van der Waals surface area contributed by atoms with Gasteiger partial charge in [-0.2, -0.15) is 5.26 Å². The number of nitriles is 1. The van der Waals surface area contributed by atoms with Crippen LogP contribution < -0.4 is 5.32 Å². The van der Waals surface area contributed by atoms with Crippen molar-refractivity contribution < 1.29 is 4.74 Å². The Morgan fingerprint density at radius 1 is 1.20 bits per heavy atom. The number of ether oxygens (including phenoxy) is 1. The van der Waals surface area contributed by atoms with E-state index in [4.69, 9.17) is 10.00 Å². The molecule has 0 amide bonds. The maximum Gasteiger partial charge on any atom is 0.0995 e. The van der Waals surface area contributed by atoms with Crippen LogP contribution in [0.5, 0.6) is 0 Å². The molecule has 0 unspecified atom stereocenters. The number of hydrogen-bond acceptors (Lipinski definition) is 3. The molecule has 0 heterocycles. The van der Waals surface area contributed by atoms with Crippen LogP contribution in [0.1, 0.15) is 49.7 Å². The molecule has 0 bridgehead atoms. The smallest absolute Gasteiger partial charge is 0.0995 e. The van der Waals surface area contributed by atoms with Crippen molar-refractivity contribution in [3.63, 3.8) is 0 Å². The van der Waals surface area contributed by atoms with E-state index in [9.17, 15) is 0 Å². The van der Waals surface area contributed by atoms with Gasteiger partial charge in [-0.05, 0) is 37.4 Å². The third-order valence-electron chi connectivity index (χ3n) is 3.86. The Balaban J connectivity index is 1.56. The summed E-state index contributed by atoms with van der Waals surface area (Å²) < 4.78 is 5.89. The van der Waals surface area contributed by atoms with Gasteiger partial charge >= 0.3 is 0 Å². The zero-order valence-electron chi connectivity index (χ0n) is 12.1. The van der Waals surface area contributed by atoms with E-state index in [0.29, 0.717) is 6.10 Å². The van der Waals surface area contributed by atoms with E-state index in [-0.39, 0.29) is 0 Å². The van der Waals surface area contributed by atoms with E-state index < -0.39 is 0 Å². The molecule has 3 heteroatoms. The molecule has 0 aliphatic heterocycles. The Morgan fingerprint density at radius 2 is 2.00 bits per heavy atom. The lowest BCUT2D eigenvalue weighted by Gasteiger charge is -2.21. The van der Waals surface area contributed by atoms with Crippen molar-refractivity contribution in [1.82, 2.24) is 5.32 Å². The van der Waals surface area contributed by atoms with E-state index in [1.54, 1.807) is 0 Å². The molecular formula is C17H24N2O. The van der Waals surface area contributed by atoms with Gasteiger partial charge in [0.15, 0.2) is 0 Å². The third kappa shape index (κ3) is 4.96. The lowest BCUT2D eigenvalue weighted by atomic mass is 9.98. The molecule has 1 aromatic rings. The van der Waals surface area contributed by atoms with Gasteiger partial charge in [-0.1, -0.05) is 37.5 Å². The Bertz CT molecular complexity index is 433. The lowest BCUT2D eigenvalue weighted by Crippen LogP contribution is -2.21. The molecular weight excluding hydrogens is 248 g/mol. The number of nitrogens with zero attached hydrogens (tertiary/aromatic N) is 1. The first-order valence-corrected chi connectivity index (χ1v) is 7.70. The second-order valence-electron chi connectivity index (χ2n) is 5.43. The van der Waals surface area contributed by atoms with Crippen LogP contribution in [0.3, 0.4) is 0 Å². The number of rotatable bonds is 7. The van der Waals surface area contributed by atoms with E-state index in [2.05, 4.69) is 11.4 Å². The van der Waals surface area contributed by atoms with E-state index in [1.807, 2.05) is 24.3 Å². The molecule has 1 aliphatic carbocycles. The van der Waals surface area contributed by atoms with Crippen LogP contribution in [0.2, 0.25) is 0 Å². The molecule has 1 saturated carbocycles. The molecule has 0 spiro atoms. The van der Waals surface area contributed by atoms with Crippen LogP contribution >= 0.6 is 0 Å². The summed E-state index contributed by atoms with van der Waals surface area (Å²) in [5.41, 5.74) is 1.83. The summed E-state index contributed by atoms with van der Waals surface area (Å²) >= 11 is 0. The van der Waals surface area contributed by atoms with Crippen LogP contribution in [-0.2, 0) is 11.3 Å². The molecule has 3 nitrogen and oxygen atoms in total. The van der Waals surface area contributed by atoms with Crippen molar-refractivity contribution in [2.24, 2.45) is 0 Å².